The van der Waals surface area contributed by atoms with Crippen LogP contribution in [0.25, 0.3) is 0 Å². The number of hydrogen-bond donors (Lipinski definition) is 2. The molecule has 1 saturated heterocycles. The smallest absolute Gasteiger partial charge is 0.0558 e. The lowest BCUT2D eigenvalue weighted by atomic mass is 10.1. The highest BCUT2D eigenvalue weighted by Gasteiger charge is 2.21. The molecule has 2 N–H and O–H groups in total. The number of benzene rings is 1. The molecular formula is C13H19ClN2O. The van der Waals surface area contributed by atoms with Crippen LogP contribution in [0.4, 0.5) is 0 Å². The molecule has 0 saturated carbocycles. The lowest BCUT2D eigenvalue weighted by molar-refractivity contribution is 0.151. The molecule has 0 aromatic heterocycles. The van der Waals surface area contributed by atoms with Crippen molar-refractivity contribution in [1.82, 2.24) is 10.2 Å². The van der Waals surface area contributed by atoms with Crippen molar-refractivity contribution in [2.24, 2.45) is 0 Å². The topological polar surface area (TPSA) is 35.5 Å². The van der Waals surface area contributed by atoms with Gasteiger partial charge in [-0.2, -0.15) is 0 Å². The van der Waals surface area contributed by atoms with Crippen LogP contribution in [0.15, 0.2) is 24.3 Å². The van der Waals surface area contributed by atoms with E-state index in [0.717, 1.165) is 37.6 Å². The highest BCUT2D eigenvalue weighted by atomic mass is 35.5. The largest absolute Gasteiger partial charge is 0.395 e. The molecule has 1 aliphatic rings. The number of aliphatic hydroxyl groups is 1. The Hall–Kier alpha value is -0.610. The third kappa shape index (κ3) is 3.68. The van der Waals surface area contributed by atoms with Crippen molar-refractivity contribution >= 4 is 11.6 Å². The van der Waals surface area contributed by atoms with Crippen LogP contribution in [0.2, 0.25) is 5.02 Å². The van der Waals surface area contributed by atoms with Gasteiger partial charge in [0.05, 0.1) is 6.61 Å². The van der Waals surface area contributed by atoms with E-state index in [1.54, 1.807) is 0 Å². The monoisotopic (exact) mass is 254 g/mol. The molecule has 2 rings (SSSR count). The minimum Gasteiger partial charge on any atom is -0.395 e. The van der Waals surface area contributed by atoms with E-state index >= 15 is 0 Å². The van der Waals surface area contributed by atoms with E-state index in [4.69, 9.17) is 16.7 Å². The minimum atomic E-state index is 0.212. The fourth-order valence-electron chi connectivity index (χ4n) is 2.29. The zero-order chi connectivity index (χ0) is 12.1. The summed E-state index contributed by atoms with van der Waals surface area (Å²) in [5.74, 6) is 0. The molecule has 0 bridgehead atoms. The summed E-state index contributed by atoms with van der Waals surface area (Å²) in [6, 6.07) is 8.48. The second-order valence-corrected chi connectivity index (χ2v) is 4.90. The third-order valence-corrected chi connectivity index (χ3v) is 3.49. The summed E-state index contributed by atoms with van der Waals surface area (Å²) in [4.78, 5) is 2.34. The maximum Gasteiger partial charge on any atom is 0.0558 e. The molecule has 1 heterocycles. The van der Waals surface area contributed by atoms with Crippen LogP contribution < -0.4 is 5.32 Å². The molecule has 1 atom stereocenters. The summed E-state index contributed by atoms with van der Waals surface area (Å²) < 4.78 is 0. The first-order valence-electron chi connectivity index (χ1n) is 6.09. The highest BCUT2D eigenvalue weighted by molar-refractivity contribution is 6.30. The molecule has 0 amide bonds. The van der Waals surface area contributed by atoms with Crippen LogP contribution in [0.5, 0.6) is 0 Å². The van der Waals surface area contributed by atoms with Crippen LogP contribution in [-0.2, 0) is 6.54 Å². The molecular weight excluding hydrogens is 236 g/mol. The molecule has 94 valence electrons. The Kier molecular flexibility index (Phi) is 4.80. The molecule has 0 spiro atoms. The normalized spacial score (nSPS) is 20.1. The van der Waals surface area contributed by atoms with Crippen molar-refractivity contribution < 1.29 is 5.11 Å². The van der Waals surface area contributed by atoms with Gasteiger partial charge in [-0.05, 0) is 30.7 Å². The van der Waals surface area contributed by atoms with E-state index in [2.05, 4.69) is 22.3 Å². The Morgan fingerprint density at radius 2 is 2.12 bits per heavy atom. The number of hydrogen-bond acceptors (Lipinski definition) is 3. The number of nitrogens with zero attached hydrogens (tertiary/aromatic N) is 1. The fraction of sp³-hybridized carbons (Fsp3) is 0.538. The Morgan fingerprint density at radius 3 is 2.71 bits per heavy atom. The van der Waals surface area contributed by atoms with Gasteiger partial charge in [0.15, 0.2) is 0 Å². The molecule has 1 aromatic rings. The van der Waals surface area contributed by atoms with Crippen molar-refractivity contribution in [3.8, 4) is 0 Å². The number of aliphatic hydroxyl groups excluding tert-OH is 1. The average molecular weight is 255 g/mol. The highest BCUT2D eigenvalue weighted by Crippen LogP contribution is 2.15. The SMILES string of the molecule is OCCN(Cc1ccc(Cl)cc1)[C@@H]1CCNC1. The van der Waals surface area contributed by atoms with Gasteiger partial charge in [-0.15, -0.1) is 0 Å². The van der Waals surface area contributed by atoms with Crippen LogP contribution in [0.1, 0.15) is 12.0 Å². The van der Waals surface area contributed by atoms with Gasteiger partial charge in [0.25, 0.3) is 0 Å². The van der Waals surface area contributed by atoms with Gasteiger partial charge in [-0.3, -0.25) is 4.90 Å². The number of rotatable bonds is 5. The predicted molar refractivity (Wildman–Crippen MR) is 70.2 cm³/mol. The van der Waals surface area contributed by atoms with E-state index in [0.29, 0.717) is 6.04 Å². The van der Waals surface area contributed by atoms with Crippen LogP contribution in [0.3, 0.4) is 0 Å². The Balaban J connectivity index is 1.98. The van der Waals surface area contributed by atoms with E-state index in [-0.39, 0.29) is 6.61 Å². The summed E-state index contributed by atoms with van der Waals surface area (Å²) in [6.45, 7) is 3.92. The minimum absolute atomic E-state index is 0.212. The van der Waals surface area contributed by atoms with Gasteiger partial charge in [0.2, 0.25) is 0 Å². The molecule has 1 aliphatic heterocycles. The van der Waals surface area contributed by atoms with Crippen molar-refractivity contribution in [3.63, 3.8) is 0 Å². The lowest BCUT2D eigenvalue weighted by Crippen LogP contribution is -2.38. The zero-order valence-electron chi connectivity index (χ0n) is 9.90. The summed E-state index contributed by atoms with van der Waals surface area (Å²) in [7, 11) is 0. The zero-order valence-corrected chi connectivity index (χ0v) is 10.7. The fourth-order valence-corrected chi connectivity index (χ4v) is 2.42. The van der Waals surface area contributed by atoms with E-state index in [9.17, 15) is 0 Å². The van der Waals surface area contributed by atoms with Crippen molar-refractivity contribution in [1.29, 1.82) is 0 Å². The van der Waals surface area contributed by atoms with Gasteiger partial charge < -0.3 is 10.4 Å². The van der Waals surface area contributed by atoms with Gasteiger partial charge in [-0.25, -0.2) is 0 Å². The quantitative estimate of drug-likeness (QED) is 0.836. The lowest BCUT2D eigenvalue weighted by Gasteiger charge is -2.27. The Morgan fingerprint density at radius 1 is 1.35 bits per heavy atom. The van der Waals surface area contributed by atoms with Crippen molar-refractivity contribution in [2.45, 2.75) is 19.0 Å². The summed E-state index contributed by atoms with van der Waals surface area (Å²) in [6.07, 6.45) is 1.16. The second-order valence-electron chi connectivity index (χ2n) is 4.47. The number of nitrogens with one attached hydrogen (secondary N) is 1. The van der Waals surface area contributed by atoms with Crippen LogP contribution in [-0.4, -0.2) is 42.3 Å². The maximum absolute atomic E-state index is 9.14. The van der Waals surface area contributed by atoms with Gasteiger partial charge in [-0.1, -0.05) is 23.7 Å². The summed E-state index contributed by atoms with van der Waals surface area (Å²) in [5.41, 5.74) is 1.25. The van der Waals surface area contributed by atoms with Crippen LogP contribution in [0, 0.1) is 0 Å². The molecule has 1 fully saturated rings. The van der Waals surface area contributed by atoms with Gasteiger partial charge in [0.1, 0.15) is 0 Å². The van der Waals surface area contributed by atoms with E-state index in [1.807, 2.05) is 12.1 Å². The molecule has 0 unspecified atom stereocenters. The Labute approximate surface area is 107 Å². The van der Waals surface area contributed by atoms with E-state index in [1.165, 1.54) is 5.56 Å². The molecule has 4 heteroatoms. The predicted octanol–water partition coefficient (Wildman–Crippen LogP) is 1.50. The van der Waals surface area contributed by atoms with E-state index < -0.39 is 0 Å². The summed E-state index contributed by atoms with van der Waals surface area (Å²) in [5, 5.41) is 13.3. The van der Waals surface area contributed by atoms with Gasteiger partial charge in [0, 0.05) is 30.7 Å². The van der Waals surface area contributed by atoms with Crippen LogP contribution >= 0.6 is 11.6 Å². The molecule has 0 radical (unpaired) electrons. The molecule has 3 nitrogen and oxygen atoms in total. The summed E-state index contributed by atoms with van der Waals surface area (Å²) >= 11 is 5.87. The maximum atomic E-state index is 9.14. The molecule has 0 aliphatic carbocycles. The van der Waals surface area contributed by atoms with Gasteiger partial charge >= 0.3 is 0 Å². The third-order valence-electron chi connectivity index (χ3n) is 3.24. The van der Waals surface area contributed by atoms with Crippen molar-refractivity contribution in [2.75, 3.05) is 26.2 Å². The second kappa shape index (κ2) is 6.36. The molecule has 1 aromatic carbocycles. The first-order valence-corrected chi connectivity index (χ1v) is 6.47. The van der Waals surface area contributed by atoms with Crippen molar-refractivity contribution in [3.05, 3.63) is 34.9 Å². The molecule has 17 heavy (non-hydrogen) atoms. The average Bonchev–Trinajstić information content (AvgIpc) is 2.85. The first kappa shape index (κ1) is 12.8. The standard InChI is InChI=1S/C13H19ClN2O/c14-12-3-1-11(2-4-12)10-16(7-8-17)13-5-6-15-9-13/h1-4,13,15,17H,5-10H2/t13-/m1/s1. The first-order chi connectivity index (χ1) is 8.29. The Bertz CT molecular complexity index is 336. The number of halogens is 1.